The van der Waals surface area contributed by atoms with Crippen LogP contribution >= 0.6 is 0 Å². The molecular formula is C62H108O24. The number of fused-ring (bicyclic) bond motifs is 3. The lowest BCUT2D eigenvalue weighted by molar-refractivity contribution is -0.399. The number of hydrogen-bond donors (Lipinski definition) is 8. The van der Waals surface area contributed by atoms with Crippen molar-refractivity contribution >= 4 is 17.9 Å². The zero-order valence-electron chi connectivity index (χ0n) is 52.3. The van der Waals surface area contributed by atoms with Crippen molar-refractivity contribution < 1.29 is 117 Å². The summed E-state index contributed by atoms with van der Waals surface area (Å²) in [5.41, 5.74) is 0. The van der Waals surface area contributed by atoms with Crippen LogP contribution in [0.5, 0.6) is 0 Å². The lowest BCUT2D eigenvalue weighted by Gasteiger charge is -2.51. The third-order valence-corrected chi connectivity index (χ3v) is 17.6. The standard InChI is InChI=1S/C62H108O24/c1-9-12-15-16-18-22-28-33-42(65)82-57-56(86-58-48(71)45(68)43(66)34(4)74-58)53(83-59-49(72)47(70)51(36(6)76-59)80-40(63)31-25-14-11-3)38(8)78-62(57)84-52-37(7)77-60-50(73)54(52)81-41(64)32-27-23-20-17-19-21-26-30-39(29-24-13-10-2)79-61-55(85-60)46(69)44(67)35(5)75-61/h34-39,43-62,66-73H,9-33H2,1-8H3/t34-,35+,36-,37-,38-,39-,43-,44-,45+,46-,47-,48+,49+,50+,51-,52-,53-,54-,55+,56+,57+,58-,59-,60-,61-,62-/m0/s1. The molecule has 0 aliphatic carbocycles. The predicted molar refractivity (Wildman–Crippen MR) is 306 cm³/mol. The first-order chi connectivity index (χ1) is 41.2. The summed E-state index contributed by atoms with van der Waals surface area (Å²) in [4.78, 5) is 41.2. The topological polar surface area (TPSA) is 333 Å². The first-order valence-corrected chi connectivity index (χ1v) is 32.8. The van der Waals surface area contributed by atoms with E-state index in [1.807, 2.05) is 6.92 Å². The second-order valence-electron chi connectivity index (χ2n) is 24.8. The van der Waals surface area contributed by atoms with E-state index < -0.39 is 171 Å². The van der Waals surface area contributed by atoms with Crippen LogP contribution in [-0.2, 0) is 76.0 Å². The van der Waals surface area contributed by atoms with Crippen molar-refractivity contribution in [2.75, 3.05) is 0 Å². The van der Waals surface area contributed by atoms with Crippen molar-refractivity contribution in [1.82, 2.24) is 0 Å². The van der Waals surface area contributed by atoms with Crippen LogP contribution in [0.4, 0.5) is 0 Å². The Morgan fingerprint density at radius 1 is 0.407 bits per heavy atom. The van der Waals surface area contributed by atoms with E-state index in [4.69, 9.17) is 61.6 Å². The first-order valence-electron chi connectivity index (χ1n) is 32.8. The summed E-state index contributed by atoms with van der Waals surface area (Å²) in [5, 5.41) is 91.8. The molecule has 0 radical (unpaired) electrons. The van der Waals surface area contributed by atoms with Crippen molar-refractivity contribution in [2.45, 2.75) is 376 Å². The zero-order chi connectivity index (χ0) is 62.6. The van der Waals surface area contributed by atoms with Gasteiger partial charge in [0.1, 0.15) is 73.2 Å². The number of ether oxygens (including phenoxy) is 13. The van der Waals surface area contributed by atoms with Crippen LogP contribution < -0.4 is 0 Å². The fourth-order valence-electron chi connectivity index (χ4n) is 12.3. The van der Waals surface area contributed by atoms with Crippen LogP contribution in [0.3, 0.4) is 0 Å². The van der Waals surface area contributed by atoms with Crippen LogP contribution in [-0.4, -0.2) is 218 Å². The monoisotopic (exact) mass is 1240 g/mol. The largest absolute Gasteiger partial charge is 0.457 e. The molecule has 24 heteroatoms. The van der Waals surface area contributed by atoms with E-state index in [1.165, 1.54) is 20.8 Å². The highest BCUT2D eigenvalue weighted by Crippen LogP contribution is 2.39. The highest BCUT2D eigenvalue weighted by molar-refractivity contribution is 5.70. The third-order valence-electron chi connectivity index (χ3n) is 17.6. The summed E-state index contributed by atoms with van der Waals surface area (Å²) in [6.07, 6.45) is -19.6. The zero-order valence-corrected chi connectivity index (χ0v) is 52.3. The summed E-state index contributed by atoms with van der Waals surface area (Å²) in [6, 6.07) is 0. The second kappa shape index (κ2) is 36.7. The molecule has 0 aromatic rings. The van der Waals surface area contributed by atoms with Gasteiger partial charge < -0.3 is 102 Å². The van der Waals surface area contributed by atoms with Gasteiger partial charge in [0.05, 0.1) is 36.6 Å². The van der Waals surface area contributed by atoms with Gasteiger partial charge in [-0.15, -0.1) is 0 Å². The average molecular weight is 1240 g/mol. The molecule has 0 aromatic carbocycles. The average Bonchev–Trinajstić information content (AvgIpc) is 0.863. The van der Waals surface area contributed by atoms with Crippen LogP contribution in [0.25, 0.3) is 0 Å². The van der Waals surface area contributed by atoms with Crippen molar-refractivity contribution in [3.8, 4) is 0 Å². The third kappa shape index (κ3) is 20.6. The maximum Gasteiger partial charge on any atom is 0.306 e. The van der Waals surface area contributed by atoms with Gasteiger partial charge in [-0.3, -0.25) is 14.4 Å². The molecule has 500 valence electrons. The van der Waals surface area contributed by atoms with E-state index in [9.17, 15) is 55.2 Å². The molecule has 6 fully saturated rings. The molecule has 86 heavy (non-hydrogen) atoms. The normalized spacial score (nSPS) is 41.6. The summed E-state index contributed by atoms with van der Waals surface area (Å²) in [5.74, 6) is -2.02. The van der Waals surface area contributed by atoms with Crippen LogP contribution in [0.2, 0.25) is 0 Å². The molecule has 6 saturated heterocycles. The highest BCUT2D eigenvalue weighted by Gasteiger charge is 2.58. The molecule has 2 bridgehead atoms. The minimum absolute atomic E-state index is 0.0245. The second-order valence-corrected chi connectivity index (χ2v) is 24.8. The fraction of sp³-hybridized carbons (Fsp3) is 0.952. The van der Waals surface area contributed by atoms with Crippen molar-refractivity contribution in [3.63, 3.8) is 0 Å². The number of unbranched alkanes of at least 4 members (excludes halogenated alkanes) is 10. The van der Waals surface area contributed by atoms with Gasteiger partial charge in [-0.2, -0.15) is 0 Å². The van der Waals surface area contributed by atoms with Crippen molar-refractivity contribution in [1.29, 1.82) is 0 Å². The van der Waals surface area contributed by atoms with Crippen molar-refractivity contribution in [3.05, 3.63) is 0 Å². The van der Waals surface area contributed by atoms with E-state index in [1.54, 1.807) is 13.8 Å². The minimum atomic E-state index is -1.90. The first kappa shape index (κ1) is 72.7. The molecule has 24 nitrogen and oxygen atoms in total. The number of carbonyl (C=O) groups is 3. The predicted octanol–water partition coefficient (Wildman–Crippen LogP) is 5.08. The van der Waals surface area contributed by atoms with Crippen LogP contribution in [0.15, 0.2) is 0 Å². The molecule has 6 heterocycles. The number of rotatable bonds is 24. The molecule has 0 aromatic heterocycles. The summed E-state index contributed by atoms with van der Waals surface area (Å²) >= 11 is 0. The Labute approximate surface area is 508 Å². The molecule has 0 saturated carbocycles. The van der Waals surface area contributed by atoms with Gasteiger partial charge in [0.25, 0.3) is 0 Å². The van der Waals surface area contributed by atoms with Gasteiger partial charge in [-0.25, -0.2) is 0 Å². The maximum atomic E-state index is 14.3. The van der Waals surface area contributed by atoms with E-state index in [2.05, 4.69) is 13.8 Å². The Balaban J connectivity index is 1.35. The number of hydrogen-bond acceptors (Lipinski definition) is 24. The van der Waals surface area contributed by atoms with Gasteiger partial charge in [0, 0.05) is 19.3 Å². The fourth-order valence-corrected chi connectivity index (χ4v) is 12.3. The Morgan fingerprint density at radius 3 is 1.56 bits per heavy atom. The van der Waals surface area contributed by atoms with E-state index >= 15 is 0 Å². The highest BCUT2D eigenvalue weighted by atomic mass is 16.8. The Morgan fingerprint density at radius 2 is 0.884 bits per heavy atom. The van der Waals surface area contributed by atoms with Gasteiger partial charge in [-0.1, -0.05) is 130 Å². The smallest absolute Gasteiger partial charge is 0.306 e. The van der Waals surface area contributed by atoms with Gasteiger partial charge >= 0.3 is 17.9 Å². The molecule has 0 amide bonds. The quantitative estimate of drug-likeness (QED) is 0.0355. The number of aliphatic hydroxyl groups excluding tert-OH is 8. The summed E-state index contributed by atoms with van der Waals surface area (Å²) in [6.45, 7) is 13.9. The lowest BCUT2D eigenvalue weighted by atomic mass is 9.95. The Kier molecular flexibility index (Phi) is 31.0. The Hall–Kier alpha value is -2.31. The molecule has 8 N–H and O–H groups in total. The lowest BCUT2D eigenvalue weighted by Crippen LogP contribution is -2.68. The number of aliphatic hydroxyl groups is 8. The van der Waals surface area contributed by atoms with Crippen molar-refractivity contribution in [2.24, 2.45) is 0 Å². The molecule has 6 aliphatic rings. The molecule has 6 rings (SSSR count). The number of carbonyl (C=O) groups excluding carboxylic acids is 3. The molecule has 6 aliphatic heterocycles. The van der Waals surface area contributed by atoms with Gasteiger partial charge in [0.2, 0.25) is 0 Å². The van der Waals surface area contributed by atoms with Gasteiger partial charge in [0.15, 0.2) is 49.8 Å². The molecule has 26 atom stereocenters. The Bertz CT molecular complexity index is 1960. The van der Waals surface area contributed by atoms with Crippen LogP contribution in [0, 0.1) is 0 Å². The maximum absolute atomic E-state index is 14.3. The number of esters is 3. The minimum Gasteiger partial charge on any atom is -0.457 e. The van der Waals surface area contributed by atoms with E-state index in [0.29, 0.717) is 25.7 Å². The summed E-state index contributed by atoms with van der Waals surface area (Å²) < 4.78 is 82.4. The molecular weight excluding hydrogens is 1130 g/mol. The van der Waals surface area contributed by atoms with Gasteiger partial charge in [-0.05, 0) is 66.7 Å². The van der Waals surface area contributed by atoms with E-state index in [-0.39, 0.29) is 25.4 Å². The SMILES string of the molecule is CCCCCCCCCC(=O)O[C@H]1[C@H](O[C@@H]2[C@H]3OC(=O)CCCCCCCCC[C@H](CCCCC)O[C@@H]4O[C@H](C)[C@H](O)[C@H](O)[C@H]4O[C@H](O[C@H]2C)[C@@H]3O)O[C@@H](C)[C@H](O[C@@H]2O[C@@H](C)[C@H](OC(=O)CCCCC)[C@@H](O)[C@H]2O)[C@H]1O[C@@H]1O[C@@H](C)[C@H](O)[C@@H](O)[C@H]1O. The summed E-state index contributed by atoms with van der Waals surface area (Å²) in [7, 11) is 0. The van der Waals surface area contributed by atoms with E-state index in [0.717, 1.165) is 116 Å². The van der Waals surface area contributed by atoms with Crippen LogP contribution in [0.1, 0.15) is 216 Å². The molecule has 0 unspecified atom stereocenters. The molecule has 0 spiro atoms.